The topological polar surface area (TPSA) is 43.3 Å². The molecule has 1 aliphatic rings. The van der Waals surface area contributed by atoms with Gasteiger partial charge in [-0.1, -0.05) is 48.5 Å². The summed E-state index contributed by atoms with van der Waals surface area (Å²) in [6.07, 6.45) is 4.86. The summed E-state index contributed by atoms with van der Waals surface area (Å²) in [4.78, 5) is 12.4. The maximum atomic E-state index is 12.4. The minimum atomic E-state index is -0.0236. The largest absolute Gasteiger partial charge is 0.489 e. The first kappa shape index (κ1) is 18.5. The molecule has 4 heteroatoms. The van der Waals surface area contributed by atoms with E-state index >= 15 is 0 Å². The van der Waals surface area contributed by atoms with Gasteiger partial charge in [-0.15, -0.1) is 0 Å². The van der Waals surface area contributed by atoms with Gasteiger partial charge in [0.05, 0.1) is 0 Å². The fourth-order valence-corrected chi connectivity index (χ4v) is 3.64. The minimum absolute atomic E-state index is 0.0236. The highest BCUT2D eigenvalue weighted by molar-refractivity contribution is 5.33. The first-order valence-electron chi connectivity index (χ1n) is 9.96. The van der Waals surface area contributed by atoms with Crippen LogP contribution in [0.2, 0.25) is 0 Å². The van der Waals surface area contributed by atoms with E-state index in [-0.39, 0.29) is 5.56 Å². The highest BCUT2D eigenvalue weighted by Gasteiger charge is 2.08. The second-order valence-corrected chi connectivity index (χ2v) is 7.27. The molecule has 0 bridgehead atoms. The van der Waals surface area contributed by atoms with Gasteiger partial charge in [-0.3, -0.25) is 4.79 Å². The van der Waals surface area contributed by atoms with Crippen LogP contribution < -0.4 is 15.6 Å². The van der Waals surface area contributed by atoms with Crippen LogP contribution in [0.15, 0.2) is 71.7 Å². The van der Waals surface area contributed by atoms with Crippen molar-refractivity contribution < 1.29 is 4.74 Å². The zero-order valence-corrected chi connectivity index (χ0v) is 16.1. The van der Waals surface area contributed by atoms with Crippen molar-refractivity contribution in [3.8, 4) is 5.75 Å². The first-order valence-corrected chi connectivity index (χ1v) is 9.96. The summed E-state index contributed by atoms with van der Waals surface area (Å²) in [5, 5.41) is 3.45. The van der Waals surface area contributed by atoms with E-state index in [1.165, 1.54) is 16.7 Å². The van der Waals surface area contributed by atoms with Crippen molar-refractivity contribution in [1.82, 2.24) is 9.88 Å². The van der Waals surface area contributed by atoms with Gasteiger partial charge in [0.15, 0.2) is 0 Å². The van der Waals surface area contributed by atoms with Crippen LogP contribution in [0, 0.1) is 0 Å². The maximum absolute atomic E-state index is 12.4. The molecule has 4 nitrogen and oxygen atoms in total. The van der Waals surface area contributed by atoms with Gasteiger partial charge in [-0.2, -0.15) is 0 Å². The quantitative estimate of drug-likeness (QED) is 0.720. The number of fused-ring (bicyclic) bond motifs is 1. The van der Waals surface area contributed by atoms with Crippen molar-refractivity contribution in [2.75, 3.05) is 13.1 Å². The number of nitrogens with zero attached hydrogens (tertiary/aromatic N) is 1. The standard InChI is InChI=1S/C24H26N2O2/c27-24-17-23(28-18-20-4-2-1-3-5-20)11-15-26(24)14-10-19-6-7-21-8-12-25-13-9-22(21)16-19/h1-7,11,15-17,25H,8-10,12-14,18H2. The molecule has 2 aromatic carbocycles. The number of hydrogen-bond donors (Lipinski definition) is 1. The zero-order valence-electron chi connectivity index (χ0n) is 16.1. The van der Waals surface area contributed by atoms with Gasteiger partial charge < -0.3 is 14.6 Å². The predicted molar refractivity (Wildman–Crippen MR) is 112 cm³/mol. The van der Waals surface area contributed by atoms with E-state index in [2.05, 4.69) is 23.5 Å². The number of hydrogen-bond acceptors (Lipinski definition) is 3. The smallest absolute Gasteiger partial charge is 0.254 e. The van der Waals surface area contributed by atoms with Crippen LogP contribution in [0.1, 0.15) is 22.3 Å². The van der Waals surface area contributed by atoms with Crippen molar-refractivity contribution >= 4 is 0 Å². The molecule has 144 valence electrons. The molecule has 0 radical (unpaired) electrons. The Morgan fingerprint density at radius 2 is 1.71 bits per heavy atom. The van der Waals surface area contributed by atoms with E-state index in [9.17, 15) is 4.79 Å². The summed E-state index contributed by atoms with van der Waals surface area (Å²) in [5.74, 6) is 0.614. The lowest BCUT2D eigenvalue weighted by Crippen LogP contribution is -2.19. The Bertz CT molecular complexity index is 979. The number of nitrogens with one attached hydrogen (secondary N) is 1. The van der Waals surface area contributed by atoms with Gasteiger partial charge in [0.1, 0.15) is 12.4 Å². The molecule has 0 fully saturated rings. The maximum Gasteiger partial charge on any atom is 0.254 e. The monoisotopic (exact) mass is 374 g/mol. The average molecular weight is 374 g/mol. The van der Waals surface area contributed by atoms with Gasteiger partial charge >= 0.3 is 0 Å². The van der Waals surface area contributed by atoms with E-state index in [0.29, 0.717) is 18.9 Å². The van der Waals surface area contributed by atoms with Crippen LogP contribution in [0.4, 0.5) is 0 Å². The average Bonchev–Trinajstić information content (AvgIpc) is 2.97. The molecule has 3 aromatic rings. The third-order valence-corrected chi connectivity index (χ3v) is 5.27. The highest BCUT2D eigenvalue weighted by atomic mass is 16.5. The van der Waals surface area contributed by atoms with Gasteiger partial charge in [-0.05, 0) is 60.7 Å². The molecular formula is C24H26N2O2. The molecule has 0 atom stereocenters. The van der Waals surface area contributed by atoms with Gasteiger partial charge in [-0.25, -0.2) is 0 Å². The summed E-state index contributed by atoms with van der Waals surface area (Å²) < 4.78 is 7.50. The number of aromatic nitrogens is 1. The Balaban J connectivity index is 1.37. The summed E-state index contributed by atoms with van der Waals surface area (Å²) >= 11 is 0. The van der Waals surface area contributed by atoms with Gasteiger partial charge in [0.25, 0.3) is 5.56 Å². The van der Waals surface area contributed by atoms with Crippen LogP contribution in [0.25, 0.3) is 0 Å². The predicted octanol–water partition coefficient (Wildman–Crippen LogP) is 3.36. The molecule has 0 unspecified atom stereocenters. The second kappa shape index (κ2) is 8.89. The molecule has 2 heterocycles. The van der Waals surface area contributed by atoms with E-state index in [1.807, 2.05) is 42.6 Å². The van der Waals surface area contributed by atoms with Crippen molar-refractivity contribution in [3.63, 3.8) is 0 Å². The Hall–Kier alpha value is -2.85. The summed E-state index contributed by atoms with van der Waals surface area (Å²) in [6, 6.07) is 20.2. The SMILES string of the molecule is O=c1cc(OCc2ccccc2)ccn1CCc1ccc2c(c1)CCNCC2. The zero-order chi connectivity index (χ0) is 19.2. The molecule has 1 aromatic heterocycles. The van der Waals surface area contributed by atoms with E-state index < -0.39 is 0 Å². The third-order valence-electron chi connectivity index (χ3n) is 5.27. The summed E-state index contributed by atoms with van der Waals surface area (Å²) in [5.41, 5.74) is 5.25. The number of rotatable bonds is 6. The van der Waals surface area contributed by atoms with Crippen LogP contribution in [0.3, 0.4) is 0 Å². The van der Waals surface area contributed by atoms with Gasteiger partial charge in [0.2, 0.25) is 0 Å². The molecule has 0 saturated carbocycles. The fourth-order valence-electron chi connectivity index (χ4n) is 3.64. The molecular weight excluding hydrogens is 348 g/mol. The Morgan fingerprint density at radius 3 is 2.54 bits per heavy atom. The third kappa shape index (κ3) is 4.70. The van der Waals surface area contributed by atoms with Crippen molar-refractivity contribution in [2.24, 2.45) is 0 Å². The molecule has 0 spiro atoms. The Kier molecular flexibility index (Phi) is 5.88. The van der Waals surface area contributed by atoms with E-state index in [0.717, 1.165) is 37.9 Å². The molecule has 4 rings (SSSR count). The van der Waals surface area contributed by atoms with Crippen molar-refractivity contribution in [2.45, 2.75) is 32.4 Å². The van der Waals surface area contributed by atoms with E-state index in [4.69, 9.17) is 4.74 Å². The Morgan fingerprint density at radius 1 is 0.893 bits per heavy atom. The van der Waals surface area contributed by atoms with Crippen LogP contribution in [-0.4, -0.2) is 17.7 Å². The molecule has 0 saturated heterocycles. The Labute approximate surface area is 165 Å². The van der Waals surface area contributed by atoms with E-state index in [1.54, 1.807) is 10.6 Å². The number of ether oxygens (including phenoxy) is 1. The number of pyridine rings is 1. The molecule has 0 amide bonds. The van der Waals surface area contributed by atoms with Crippen LogP contribution in [0.5, 0.6) is 5.75 Å². The molecule has 28 heavy (non-hydrogen) atoms. The van der Waals surface area contributed by atoms with Crippen molar-refractivity contribution in [3.05, 3.63) is 99.5 Å². The molecule has 1 aliphatic heterocycles. The normalized spacial score (nSPS) is 13.6. The first-order chi connectivity index (χ1) is 13.8. The number of benzene rings is 2. The lowest BCUT2D eigenvalue weighted by Gasteiger charge is -2.11. The molecule has 1 N–H and O–H groups in total. The second-order valence-electron chi connectivity index (χ2n) is 7.27. The highest BCUT2D eigenvalue weighted by Crippen LogP contribution is 2.16. The summed E-state index contributed by atoms with van der Waals surface area (Å²) in [6.45, 7) is 3.24. The van der Waals surface area contributed by atoms with Crippen LogP contribution in [-0.2, 0) is 32.4 Å². The lowest BCUT2D eigenvalue weighted by molar-refractivity contribution is 0.305. The molecule has 0 aliphatic carbocycles. The van der Waals surface area contributed by atoms with Crippen LogP contribution >= 0.6 is 0 Å². The number of aryl methyl sites for hydroxylation is 2. The lowest BCUT2D eigenvalue weighted by atomic mass is 9.99. The van der Waals surface area contributed by atoms with Gasteiger partial charge in [0, 0.05) is 18.8 Å². The van der Waals surface area contributed by atoms with Crippen molar-refractivity contribution in [1.29, 1.82) is 0 Å². The minimum Gasteiger partial charge on any atom is -0.489 e. The fraction of sp³-hybridized carbons (Fsp3) is 0.292. The summed E-state index contributed by atoms with van der Waals surface area (Å²) in [7, 11) is 0.